The number of sulfonamides is 1. The zero-order valence-corrected chi connectivity index (χ0v) is 14.5. The van der Waals surface area contributed by atoms with Crippen LogP contribution in [-0.2, 0) is 10.0 Å². The summed E-state index contributed by atoms with van der Waals surface area (Å²) in [5, 5.41) is 0.792. The molecule has 0 spiro atoms. The van der Waals surface area contributed by atoms with Gasteiger partial charge in [-0.05, 0) is 41.8 Å². The van der Waals surface area contributed by atoms with E-state index in [0.29, 0.717) is 4.90 Å². The Kier molecular flexibility index (Phi) is 6.12. The number of hydrogen-bond donors (Lipinski definition) is 1. The van der Waals surface area contributed by atoms with Crippen molar-refractivity contribution in [2.75, 3.05) is 5.33 Å². The van der Waals surface area contributed by atoms with Crippen LogP contribution >= 0.6 is 43.2 Å². The van der Waals surface area contributed by atoms with E-state index in [9.17, 15) is 8.42 Å². The molecule has 0 aliphatic carbocycles. The molecule has 1 aromatic heterocycles. The van der Waals surface area contributed by atoms with Crippen LogP contribution in [0.4, 0.5) is 0 Å². The second-order valence-corrected chi connectivity index (χ2v) is 8.79. The maximum Gasteiger partial charge on any atom is 0.241 e. The highest BCUT2D eigenvalue weighted by Gasteiger charge is 2.22. The van der Waals surface area contributed by atoms with Gasteiger partial charge in [-0.15, -0.1) is 11.3 Å². The van der Waals surface area contributed by atoms with Gasteiger partial charge in [0.05, 0.1) is 8.68 Å². The van der Waals surface area contributed by atoms with Gasteiger partial charge in [-0.25, -0.2) is 13.1 Å². The Labute approximate surface area is 123 Å². The zero-order chi connectivity index (χ0) is 13.1. The lowest BCUT2D eigenvalue weighted by molar-refractivity contribution is 0.533. The van der Waals surface area contributed by atoms with E-state index in [0.717, 1.165) is 26.8 Å². The SMILES string of the molecule is CCC(CCBr)NS(=O)(=O)c1cc(Br)sc1C. The molecule has 0 saturated carbocycles. The minimum Gasteiger partial charge on any atom is -0.208 e. The molecule has 0 aliphatic rings. The lowest BCUT2D eigenvalue weighted by Gasteiger charge is -2.15. The van der Waals surface area contributed by atoms with Crippen molar-refractivity contribution in [1.82, 2.24) is 4.72 Å². The third kappa shape index (κ3) is 4.31. The maximum atomic E-state index is 12.2. The van der Waals surface area contributed by atoms with E-state index < -0.39 is 10.0 Å². The number of nitrogens with one attached hydrogen (secondary N) is 1. The van der Waals surface area contributed by atoms with Gasteiger partial charge in [-0.3, -0.25) is 0 Å². The Hall–Kier alpha value is 0.570. The lowest BCUT2D eigenvalue weighted by Crippen LogP contribution is -2.34. The van der Waals surface area contributed by atoms with Crippen molar-refractivity contribution < 1.29 is 8.42 Å². The van der Waals surface area contributed by atoms with Gasteiger partial charge in [-0.2, -0.15) is 0 Å². The molecular weight excluding hydrogens is 390 g/mol. The van der Waals surface area contributed by atoms with Gasteiger partial charge in [0.2, 0.25) is 10.0 Å². The predicted octanol–water partition coefficient (Wildman–Crippen LogP) is 3.66. The summed E-state index contributed by atoms with van der Waals surface area (Å²) < 4.78 is 27.9. The van der Waals surface area contributed by atoms with Crippen molar-refractivity contribution in [2.24, 2.45) is 0 Å². The van der Waals surface area contributed by atoms with Gasteiger partial charge in [-0.1, -0.05) is 22.9 Å². The van der Waals surface area contributed by atoms with Crippen LogP contribution in [0, 0.1) is 6.92 Å². The number of aryl methyl sites for hydroxylation is 1. The molecule has 1 N–H and O–H groups in total. The highest BCUT2D eigenvalue weighted by atomic mass is 79.9. The Morgan fingerprint density at radius 2 is 2.18 bits per heavy atom. The second kappa shape index (κ2) is 6.65. The Morgan fingerprint density at radius 3 is 2.59 bits per heavy atom. The fourth-order valence-electron chi connectivity index (χ4n) is 1.46. The third-order valence-corrected chi connectivity index (χ3v) is 6.19. The Morgan fingerprint density at radius 1 is 1.53 bits per heavy atom. The topological polar surface area (TPSA) is 46.2 Å². The van der Waals surface area contributed by atoms with Crippen molar-refractivity contribution in [2.45, 2.75) is 37.6 Å². The third-order valence-electron chi connectivity index (χ3n) is 2.40. The van der Waals surface area contributed by atoms with Crippen LogP contribution in [0.2, 0.25) is 0 Å². The van der Waals surface area contributed by atoms with Gasteiger partial charge in [0, 0.05) is 16.2 Å². The Bertz CT molecular complexity index is 471. The number of rotatable bonds is 6. The first-order valence-corrected chi connectivity index (χ1v) is 9.46. The summed E-state index contributed by atoms with van der Waals surface area (Å²) in [7, 11) is -3.39. The summed E-state index contributed by atoms with van der Waals surface area (Å²) in [5.41, 5.74) is 0. The van der Waals surface area contributed by atoms with E-state index in [-0.39, 0.29) is 6.04 Å². The fourth-order valence-corrected chi connectivity index (χ4v) is 5.78. The van der Waals surface area contributed by atoms with Crippen molar-refractivity contribution in [1.29, 1.82) is 0 Å². The summed E-state index contributed by atoms with van der Waals surface area (Å²) in [5.74, 6) is 0. The normalized spacial score (nSPS) is 13.9. The zero-order valence-electron chi connectivity index (χ0n) is 9.66. The van der Waals surface area contributed by atoms with Crippen LogP contribution in [0.5, 0.6) is 0 Å². The molecule has 0 aliphatic heterocycles. The van der Waals surface area contributed by atoms with Crippen molar-refractivity contribution in [3.63, 3.8) is 0 Å². The second-order valence-electron chi connectivity index (χ2n) is 3.68. The molecule has 1 atom stereocenters. The molecule has 7 heteroatoms. The van der Waals surface area contributed by atoms with E-state index in [4.69, 9.17) is 0 Å². The van der Waals surface area contributed by atoms with E-state index in [1.807, 2.05) is 13.8 Å². The molecule has 1 aromatic rings. The summed E-state index contributed by atoms with van der Waals surface area (Å²) in [6.45, 7) is 3.79. The summed E-state index contributed by atoms with van der Waals surface area (Å²) in [4.78, 5) is 1.18. The number of halogens is 2. The number of alkyl halides is 1. The summed E-state index contributed by atoms with van der Waals surface area (Å²) in [6, 6.07) is 1.64. The highest BCUT2D eigenvalue weighted by Crippen LogP contribution is 2.29. The van der Waals surface area contributed by atoms with Gasteiger partial charge in [0.15, 0.2) is 0 Å². The Balaban J connectivity index is 2.92. The van der Waals surface area contributed by atoms with Gasteiger partial charge < -0.3 is 0 Å². The van der Waals surface area contributed by atoms with Gasteiger partial charge in [0.1, 0.15) is 0 Å². The monoisotopic (exact) mass is 403 g/mol. The summed E-state index contributed by atoms with van der Waals surface area (Å²) in [6.07, 6.45) is 1.58. The van der Waals surface area contributed by atoms with Crippen LogP contribution in [-0.4, -0.2) is 19.8 Å². The summed E-state index contributed by atoms with van der Waals surface area (Å²) >= 11 is 8.07. The number of hydrogen-bond acceptors (Lipinski definition) is 3. The van der Waals surface area contributed by atoms with Gasteiger partial charge in [0.25, 0.3) is 0 Å². The van der Waals surface area contributed by atoms with E-state index >= 15 is 0 Å². The fraction of sp³-hybridized carbons (Fsp3) is 0.600. The maximum absolute atomic E-state index is 12.2. The predicted molar refractivity (Wildman–Crippen MR) is 79.6 cm³/mol. The minimum absolute atomic E-state index is 0.0162. The molecule has 0 aromatic carbocycles. The van der Waals surface area contributed by atoms with Crippen LogP contribution in [0.25, 0.3) is 0 Å². The molecule has 1 unspecified atom stereocenters. The molecule has 98 valence electrons. The minimum atomic E-state index is -3.39. The molecule has 0 radical (unpaired) electrons. The van der Waals surface area contributed by atoms with Crippen LogP contribution in [0.15, 0.2) is 14.7 Å². The molecule has 0 amide bonds. The van der Waals surface area contributed by atoms with Crippen LogP contribution in [0.1, 0.15) is 24.6 Å². The first kappa shape index (κ1) is 15.6. The largest absolute Gasteiger partial charge is 0.241 e. The van der Waals surface area contributed by atoms with Crippen LogP contribution in [0.3, 0.4) is 0 Å². The molecule has 0 fully saturated rings. The average molecular weight is 405 g/mol. The quantitative estimate of drug-likeness (QED) is 0.735. The smallest absolute Gasteiger partial charge is 0.208 e. The average Bonchev–Trinajstić information content (AvgIpc) is 2.57. The first-order valence-electron chi connectivity index (χ1n) is 5.25. The van der Waals surface area contributed by atoms with Crippen LogP contribution < -0.4 is 4.72 Å². The molecular formula is C10H15Br2NO2S2. The van der Waals surface area contributed by atoms with Crippen molar-refractivity contribution in [3.05, 3.63) is 14.7 Å². The van der Waals surface area contributed by atoms with Crippen molar-refractivity contribution in [3.8, 4) is 0 Å². The highest BCUT2D eigenvalue weighted by molar-refractivity contribution is 9.11. The molecule has 0 bridgehead atoms. The van der Waals surface area contributed by atoms with Crippen molar-refractivity contribution >= 4 is 53.2 Å². The molecule has 17 heavy (non-hydrogen) atoms. The van der Waals surface area contributed by atoms with E-state index in [1.165, 1.54) is 11.3 Å². The molecule has 1 rings (SSSR count). The number of thiophene rings is 1. The molecule has 3 nitrogen and oxygen atoms in total. The molecule has 0 saturated heterocycles. The van der Waals surface area contributed by atoms with Gasteiger partial charge >= 0.3 is 0 Å². The standard InChI is InChI=1S/C10H15Br2NO2S2/c1-3-8(4-5-11)13-17(14,15)9-6-10(12)16-7(9)2/h6,8,13H,3-5H2,1-2H3. The van der Waals surface area contributed by atoms with E-state index in [1.54, 1.807) is 6.07 Å². The lowest BCUT2D eigenvalue weighted by atomic mass is 10.2. The molecule has 1 heterocycles. The first-order chi connectivity index (χ1) is 7.90. The van der Waals surface area contributed by atoms with E-state index in [2.05, 4.69) is 36.6 Å².